The number of ether oxygens (including phenoxy) is 1. The first-order chi connectivity index (χ1) is 18.2. The maximum atomic E-state index is 13.0. The summed E-state index contributed by atoms with van der Waals surface area (Å²) in [4.78, 5) is 28.2. The standard InChI is InChI=1S/C26H23F3N6O3/c27-26(28,29)19-3-1-2-16(11-19)23-33-24(35-34-23)17-6-9-21(30-12-17)18-13-31-25(32-14-18)38-20-7-4-15(5-8-20)10-22(36)37/h1-3,6,9,11-15,20H,4-5,7-8,10H2,(H,36,37)(H,33,34,35). The number of alkyl halides is 3. The molecule has 0 spiro atoms. The maximum Gasteiger partial charge on any atom is 0.416 e. The Labute approximate surface area is 215 Å². The van der Waals surface area contributed by atoms with Gasteiger partial charge in [0.05, 0.1) is 11.3 Å². The fraction of sp³-hybridized carbons (Fsp3) is 0.308. The lowest BCUT2D eigenvalue weighted by molar-refractivity contribution is -0.139. The zero-order valence-corrected chi connectivity index (χ0v) is 20.0. The van der Waals surface area contributed by atoms with Crippen LogP contribution in [0.4, 0.5) is 13.2 Å². The Morgan fingerprint density at radius 1 is 0.974 bits per heavy atom. The Kier molecular flexibility index (Phi) is 7.03. The second kappa shape index (κ2) is 10.6. The predicted octanol–water partition coefficient (Wildman–Crippen LogP) is 5.42. The van der Waals surface area contributed by atoms with Gasteiger partial charge in [-0.05, 0) is 55.9 Å². The van der Waals surface area contributed by atoms with E-state index >= 15 is 0 Å². The van der Waals surface area contributed by atoms with E-state index in [1.54, 1.807) is 30.7 Å². The number of carbonyl (C=O) groups is 1. The monoisotopic (exact) mass is 524 g/mol. The van der Waals surface area contributed by atoms with Crippen LogP contribution in [0.3, 0.4) is 0 Å². The summed E-state index contributed by atoms with van der Waals surface area (Å²) in [7, 11) is 0. The molecule has 38 heavy (non-hydrogen) atoms. The molecule has 0 bridgehead atoms. The van der Waals surface area contributed by atoms with Crippen LogP contribution >= 0.6 is 0 Å². The molecule has 9 nitrogen and oxygen atoms in total. The first-order valence-corrected chi connectivity index (χ1v) is 12.0. The third-order valence-electron chi connectivity index (χ3n) is 6.42. The molecule has 196 valence electrons. The molecule has 1 fully saturated rings. The van der Waals surface area contributed by atoms with Crippen molar-refractivity contribution in [2.75, 3.05) is 0 Å². The van der Waals surface area contributed by atoms with E-state index in [0.717, 1.165) is 37.8 Å². The van der Waals surface area contributed by atoms with Crippen molar-refractivity contribution in [1.82, 2.24) is 30.1 Å². The van der Waals surface area contributed by atoms with E-state index in [9.17, 15) is 18.0 Å². The number of benzene rings is 1. The minimum Gasteiger partial charge on any atom is -0.481 e. The topological polar surface area (TPSA) is 127 Å². The number of aromatic nitrogens is 6. The Morgan fingerprint density at radius 2 is 1.71 bits per heavy atom. The van der Waals surface area contributed by atoms with E-state index in [-0.39, 0.29) is 35.8 Å². The number of rotatable bonds is 7. The zero-order valence-electron chi connectivity index (χ0n) is 20.0. The summed E-state index contributed by atoms with van der Waals surface area (Å²) in [6, 6.07) is 8.63. The lowest BCUT2D eigenvalue weighted by atomic mass is 9.85. The summed E-state index contributed by atoms with van der Waals surface area (Å²) in [5.41, 5.74) is 1.39. The van der Waals surface area contributed by atoms with Gasteiger partial charge in [-0.2, -0.15) is 18.3 Å². The molecule has 1 aromatic carbocycles. The van der Waals surface area contributed by atoms with Crippen molar-refractivity contribution in [1.29, 1.82) is 0 Å². The zero-order chi connectivity index (χ0) is 26.7. The Balaban J connectivity index is 1.21. The van der Waals surface area contributed by atoms with Crippen molar-refractivity contribution in [3.63, 3.8) is 0 Å². The third kappa shape index (κ3) is 5.96. The number of aliphatic carboxylic acids is 1. The quantitative estimate of drug-likeness (QED) is 0.328. The maximum absolute atomic E-state index is 13.0. The molecule has 5 rings (SSSR count). The molecule has 1 saturated carbocycles. The molecule has 0 atom stereocenters. The van der Waals surface area contributed by atoms with Crippen LogP contribution in [-0.2, 0) is 11.0 Å². The number of H-pyrrole nitrogens is 1. The number of nitrogens with zero attached hydrogens (tertiary/aromatic N) is 5. The van der Waals surface area contributed by atoms with E-state index in [1.807, 2.05) is 0 Å². The van der Waals surface area contributed by atoms with Gasteiger partial charge >= 0.3 is 18.2 Å². The first kappa shape index (κ1) is 25.3. The van der Waals surface area contributed by atoms with Crippen LogP contribution in [0.15, 0.2) is 55.0 Å². The number of aromatic amines is 1. The van der Waals surface area contributed by atoms with Gasteiger partial charge in [0.2, 0.25) is 0 Å². The molecule has 0 saturated heterocycles. The summed E-state index contributed by atoms with van der Waals surface area (Å²) in [5, 5.41) is 15.7. The number of hydrogen-bond acceptors (Lipinski definition) is 7. The van der Waals surface area contributed by atoms with Crippen LogP contribution in [0, 0.1) is 5.92 Å². The highest BCUT2D eigenvalue weighted by atomic mass is 19.4. The molecule has 1 aliphatic carbocycles. The van der Waals surface area contributed by atoms with Crippen LogP contribution in [0.25, 0.3) is 34.0 Å². The van der Waals surface area contributed by atoms with E-state index in [0.29, 0.717) is 22.6 Å². The molecule has 2 N–H and O–H groups in total. The van der Waals surface area contributed by atoms with Crippen molar-refractivity contribution in [3.05, 3.63) is 60.6 Å². The minimum atomic E-state index is -4.45. The third-order valence-corrected chi connectivity index (χ3v) is 6.42. The lowest BCUT2D eigenvalue weighted by Gasteiger charge is -2.27. The average molecular weight is 525 g/mol. The highest BCUT2D eigenvalue weighted by Crippen LogP contribution is 2.32. The number of carboxylic acid groups (broad SMARTS) is 1. The number of carboxylic acids is 1. The number of hydrogen-bond donors (Lipinski definition) is 2. The molecular formula is C26H23F3N6O3. The van der Waals surface area contributed by atoms with Crippen LogP contribution in [0.1, 0.15) is 37.7 Å². The largest absolute Gasteiger partial charge is 0.481 e. The molecule has 0 aliphatic heterocycles. The summed E-state index contributed by atoms with van der Waals surface area (Å²) >= 11 is 0. The molecule has 0 unspecified atom stereocenters. The van der Waals surface area contributed by atoms with Gasteiger partial charge in [0, 0.05) is 41.7 Å². The van der Waals surface area contributed by atoms with Gasteiger partial charge in [-0.15, -0.1) is 0 Å². The Bertz CT molecular complexity index is 1400. The van der Waals surface area contributed by atoms with Crippen LogP contribution in [-0.4, -0.2) is 47.3 Å². The lowest BCUT2D eigenvalue weighted by Crippen LogP contribution is -2.25. The highest BCUT2D eigenvalue weighted by Gasteiger charge is 2.30. The molecule has 0 amide bonds. The Hall–Kier alpha value is -4.35. The van der Waals surface area contributed by atoms with Crippen molar-refractivity contribution in [3.8, 4) is 40.0 Å². The van der Waals surface area contributed by atoms with Crippen molar-refractivity contribution in [2.24, 2.45) is 5.92 Å². The van der Waals surface area contributed by atoms with Gasteiger partial charge in [-0.3, -0.25) is 14.9 Å². The fourth-order valence-corrected chi connectivity index (χ4v) is 4.42. The molecule has 12 heteroatoms. The summed E-state index contributed by atoms with van der Waals surface area (Å²) in [6.07, 6.45) is 3.63. The second-order valence-corrected chi connectivity index (χ2v) is 9.13. The van der Waals surface area contributed by atoms with E-state index < -0.39 is 17.7 Å². The van der Waals surface area contributed by atoms with Gasteiger partial charge < -0.3 is 9.84 Å². The molecule has 1 aliphatic rings. The van der Waals surface area contributed by atoms with E-state index in [1.165, 1.54) is 12.1 Å². The number of nitrogens with one attached hydrogen (secondary N) is 1. The molecule has 3 heterocycles. The summed E-state index contributed by atoms with van der Waals surface area (Å²) in [6.45, 7) is 0. The minimum absolute atomic E-state index is 0.0366. The fourth-order valence-electron chi connectivity index (χ4n) is 4.42. The summed E-state index contributed by atoms with van der Waals surface area (Å²) in [5.74, 6) is -0.0620. The van der Waals surface area contributed by atoms with Crippen molar-refractivity contribution in [2.45, 2.75) is 44.4 Å². The predicted molar refractivity (Wildman–Crippen MR) is 130 cm³/mol. The van der Waals surface area contributed by atoms with Gasteiger partial charge in [-0.25, -0.2) is 15.0 Å². The van der Waals surface area contributed by atoms with Crippen molar-refractivity contribution >= 4 is 5.97 Å². The van der Waals surface area contributed by atoms with E-state index in [2.05, 4.69) is 30.1 Å². The number of halogens is 3. The normalized spacial score (nSPS) is 17.8. The number of pyridine rings is 1. The van der Waals surface area contributed by atoms with Crippen LogP contribution < -0.4 is 4.74 Å². The SMILES string of the molecule is O=C(O)CC1CCC(Oc2ncc(-c3ccc(-c4n[nH]c(-c5cccc(C(F)(F)F)c5)n4)cn3)cn2)CC1. The first-order valence-electron chi connectivity index (χ1n) is 12.0. The average Bonchev–Trinajstić information content (AvgIpc) is 3.40. The Morgan fingerprint density at radius 3 is 2.37 bits per heavy atom. The van der Waals surface area contributed by atoms with Crippen LogP contribution in [0.2, 0.25) is 0 Å². The summed E-state index contributed by atoms with van der Waals surface area (Å²) < 4.78 is 44.9. The second-order valence-electron chi connectivity index (χ2n) is 9.13. The van der Waals surface area contributed by atoms with E-state index in [4.69, 9.17) is 9.84 Å². The smallest absolute Gasteiger partial charge is 0.416 e. The van der Waals surface area contributed by atoms with Crippen LogP contribution in [0.5, 0.6) is 6.01 Å². The van der Waals surface area contributed by atoms with Crippen molar-refractivity contribution < 1.29 is 27.8 Å². The molecular weight excluding hydrogens is 501 g/mol. The highest BCUT2D eigenvalue weighted by molar-refractivity contribution is 5.67. The van der Waals surface area contributed by atoms with Gasteiger partial charge in [0.15, 0.2) is 11.6 Å². The molecule has 0 radical (unpaired) electrons. The van der Waals surface area contributed by atoms with Gasteiger partial charge in [0.25, 0.3) is 0 Å². The molecule has 3 aromatic heterocycles. The molecule has 4 aromatic rings. The van der Waals surface area contributed by atoms with Gasteiger partial charge in [-0.1, -0.05) is 12.1 Å². The van der Waals surface area contributed by atoms with Gasteiger partial charge in [0.1, 0.15) is 6.10 Å².